The second-order valence-corrected chi connectivity index (χ2v) is 6.15. The molecule has 2 unspecified atom stereocenters. The number of likely N-dealkylation sites (N-methyl/N-ethyl adjacent to an activating group) is 1. The third-order valence-electron chi connectivity index (χ3n) is 4.15. The van der Waals surface area contributed by atoms with Crippen LogP contribution in [0.4, 0.5) is 0 Å². The van der Waals surface area contributed by atoms with Crippen LogP contribution in [0.15, 0.2) is 0 Å². The van der Waals surface area contributed by atoms with Crippen LogP contribution in [0.25, 0.3) is 0 Å². The van der Waals surface area contributed by atoms with E-state index >= 15 is 0 Å². The minimum absolute atomic E-state index is 0.00175. The Balaban J connectivity index is 1.98. The molecule has 2 rings (SSSR count). The van der Waals surface area contributed by atoms with Crippen LogP contribution in [0, 0.1) is 11.3 Å². The standard InChI is InChI=1S/C13H22N2O2/c1-13(2)6-4-9(8-13)12(17)15(3)10-5-7-14-11(10)16/h9-10H,4-8H2,1-3H3,(H,14,16). The SMILES string of the molecule is CN(C(=O)C1CCC(C)(C)C1)C1CCNC1=O. The fraction of sp³-hybridized carbons (Fsp3) is 0.846. The summed E-state index contributed by atoms with van der Waals surface area (Å²) in [5.74, 6) is 0.263. The van der Waals surface area contributed by atoms with E-state index in [9.17, 15) is 9.59 Å². The first-order valence-electron chi connectivity index (χ1n) is 6.45. The zero-order chi connectivity index (χ0) is 12.6. The average Bonchev–Trinajstić information content (AvgIpc) is 2.82. The quantitative estimate of drug-likeness (QED) is 0.785. The summed E-state index contributed by atoms with van der Waals surface area (Å²) in [5.41, 5.74) is 0.277. The van der Waals surface area contributed by atoms with E-state index in [4.69, 9.17) is 0 Å². The highest BCUT2D eigenvalue weighted by atomic mass is 16.2. The number of amides is 2. The summed E-state index contributed by atoms with van der Waals surface area (Å²) in [5, 5.41) is 2.78. The van der Waals surface area contributed by atoms with Gasteiger partial charge in [-0.2, -0.15) is 0 Å². The van der Waals surface area contributed by atoms with Crippen molar-refractivity contribution in [3.8, 4) is 0 Å². The molecule has 2 amide bonds. The van der Waals surface area contributed by atoms with Crippen molar-refractivity contribution >= 4 is 11.8 Å². The first-order chi connectivity index (χ1) is 7.91. The van der Waals surface area contributed by atoms with Crippen molar-refractivity contribution in [2.24, 2.45) is 11.3 Å². The predicted octanol–water partition coefficient (Wildman–Crippen LogP) is 1.16. The number of rotatable bonds is 2. The van der Waals surface area contributed by atoms with Crippen LogP contribution < -0.4 is 5.32 Å². The Bertz CT molecular complexity index is 338. The summed E-state index contributed by atoms with van der Waals surface area (Å²) in [6, 6.07) is -0.244. The topological polar surface area (TPSA) is 49.4 Å². The molecule has 1 N–H and O–H groups in total. The molecule has 4 nitrogen and oxygen atoms in total. The van der Waals surface area contributed by atoms with Gasteiger partial charge in [-0.05, 0) is 31.1 Å². The molecule has 0 radical (unpaired) electrons. The molecule has 1 aliphatic carbocycles. The molecule has 2 atom stereocenters. The van der Waals surface area contributed by atoms with Crippen molar-refractivity contribution in [1.29, 1.82) is 0 Å². The molecule has 0 aromatic rings. The number of carbonyl (C=O) groups excluding carboxylic acids is 2. The Morgan fingerprint density at radius 3 is 2.59 bits per heavy atom. The molecule has 0 aromatic carbocycles. The van der Waals surface area contributed by atoms with Crippen molar-refractivity contribution in [3.63, 3.8) is 0 Å². The molecule has 1 saturated carbocycles. The number of hydrogen-bond acceptors (Lipinski definition) is 2. The summed E-state index contributed by atoms with van der Waals surface area (Å²) in [4.78, 5) is 25.5. The van der Waals surface area contributed by atoms with E-state index in [1.165, 1.54) is 0 Å². The highest BCUT2D eigenvalue weighted by molar-refractivity contribution is 5.89. The van der Waals surface area contributed by atoms with E-state index in [-0.39, 0.29) is 29.2 Å². The van der Waals surface area contributed by atoms with Gasteiger partial charge >= 0.3 is 0 Å². The third kappa shape index (κ3) is 2.45. The Morgan fingerprint density at radius 2 is 2.12 bits per heavy atom. The normalized spacial score (nSPS) is 31.4. The lowest BCUT2D eigenvalue weighted by Crippen LogP contribution is -2.44. The van der Waals surface area contributed by atoms with Gasteiger partial charge in [-0.15, -0.1) is 0 Å². The molecule has 0 aromatic heterocycles. The predicted molar refractivity (Wildman–Crippen MR) is 65.3 cm³/mol. The van der Waals surface area contributed by atoms with Crippen LogP contribution in [0.3, 0.4) is 0 Å². The van der Waals surface area contributed by atoms with Crippen LogP contribution >= 0.6 is 0 Å². The zero-order valence-electron chi connectivity index (χ0n) is 11.0. The lowest BCUT2D eigenvalue weighted by atomic mass is 9.90. The molecule has 1 saturated heterocycles. The second-order valence-electron chi connectivity index (χ2n) is 6.15. The number of hydrogen-bond donors (Lipinski definition) is 1. The molecule has 1 aliphatic heterocycles. The van der Waals surface area contributed by atoms with Crippen molar-refractivity contribution in [2.45, 2.75) is 45.6 Å². The molecule has 17 heavy (non-hydrogen) atoms. The van der Waals surface area contributed by atoms with Gasteiger partial charge in [0.1, 0.15) is 6.04 Å². The van der Waals surface area contributed by atoms with E-state index in [1.807, 2.05) is 0 Å². The number of carbonyl (C=O) groups is 2. The van der Waals surface area contributed by atoms with Gasteiger partial charge in [0.15, 0.2) is 0 Å². The number of nitrogens with zero attached hydrogens (tertiary/aromatic N) is 1. The van der Waals surface area contributed by atoms with Crippen molar-refractivity contribution in [3.05, 3.63) is 0 Å². The van der Waals surface area contributed by atoms with Gasteiger partial charge in [0.05, 0.1) is 0 Å². The van der Waals surface area contributed by atoms with Crippen LogP contribution in [0.2, 0.25) is 0 Å². The fourth-order valence-electron chi connectivity index (χ4n) is 3.04. The summed E-state index contributed by atoms with van der Waals surface area (Å²) in [6.45, 7) is 5.11. The highest BCUT2D eigenvalue weighted by Crippen LogP contribution is 2.41. The van der Waals surface area contributed by atoms with Crippen molar-refractivity contribution in [2.75, 3.05) is 13.6 Å². The van der Waals surface area contributed by atoms with Gasteiger partial charge in [-0.25, -0.2) is 0 Å². The molecule has 2 aliphatic rings. The first-order valence-corrected chi connectivity index (χ1v) is 6.45. The Labute approximate surface area is 103 Å². The number of nitrogens with one attached hydrogen (secondary N) is 1. The maximum Gasteiger partial charge on any atom is 0.242 e. The smallest absolute Gasteiger partial charge is 0.242 e. The van der Waals surface area contributed by atoms with Crippen LogP contribution in [0.5, 0.6) is 0 Å². The first kappa shape index (κ1) is 12.4. The monoisotopic (exact) mass is 238 g/mol. The Kier molecular flexibility index (Phi) is 3.15. The third-order valence-corrected chi connectivity index (χ3v) is 4.15. The molecule has 4 heteroatoms. The summed E-state index contributed by atoms with van der Waals surface area (Å²) in [7, 11) is 1.77. The molecule has 2 fully saturated rings. The van der Waals surface area contributed by atoms with E-state index in [1.54, 1.807) is 11.9 Å². The van der Waals surface area contributed by atoms with Gasteiger partial charge < -0.3 is 10.2 Å². The van der Waals surface area contributed by atoms with E-state index in [0.717, 1.165) is 25.7 Å². The molecular formula is C13H22N2O2. The maximum atomic E-state index is 12.3. The molecular weight excluding hydrogens is 216 g/mol. The summed E-state index contributed by atoms with van der Waals surface area (Å²) < 4.78 is 0. The highest BCUT2D eigenvalue weighted by Gasteiger charge is 2.39. The van der Waals surface area contributed by atoms with Gasteiger partial charge in [-0.1, -0.05) is 13.8 Å². The lowest BCUT2D eigenvalue weighted by molar-refractivity contribution is -0.140. The molecule has 96 valence electrons. The van der Waals surface area contributed by atoms with Gasteiger partial charge in [0.2, 0.25) is 11.8 Å². The molecule has 0 bridgehead atoms. The van der Waals surface area contributed by atoms with Crippen LogP contribution in [0.1, 0.15) is 39.5 Å². The fourth-order valence-corrected chi connectivity index (χ4v) is 3.04. The minimum atomic E-state index is -0.244. The maximum absolute atomic E-state index is 12.3. The lowest BCUT2D eigenvalue weighted by Gasteiger charge is -2.26. The van der Waals surface area contributed by atoms with Gasteiger partial charge in [0.25, 0.3) is 0 Å². The van der Waals surface area contributed by atoms with Gasteiger partial charge in [-0.3, -0.25) is 9.59 Å². The van der Waals surface area contributed by atoms with Crippen molar-refractivity contribution in [1.82, 2.24) is 10.2 Å². The molecule has 0 spiro atoms. The Hall–Kier alpha value is -1.06. The zero-order valence-corrected chi connectivity index (χ0v) is 11.0. The van der Waals surface area contributed by atoms with Crippen LogP contribution in [-0.2, 0) is 9.59 Å². The summed E-state index contributed by atoms with van der Waals surface area (Å²) in [6.07, 6.45) is 3.76. The average molecular weight is 238 g/mol. The Morgan fingerprint density at radius 1 is 1.41 bits per heavy atom. The van der Waals surface area contributed by atoms with Crippen LogP contribution in [-0.4, -0.2) is 36.3 Å². The summed E-state index contributed by atoms with van der Waals surface area (Å²) >= 11 is 0. The van der Waals surface area contributed by atoms with Crippen molar-refractivity contribution < 1.29 is 9.59 Å². The molecule has 1 heterocycles. The minimum Gasteiger partial charge on any atom is -0.354 e. The van der Waals surface area contributed by atoms with Gasteiger partial charge in [0, 0.05) is 19.5 Å². The largest absolute Gasteiger partial charge is 0.354 e. The van der Waals surface area contributed by atoms with E-state index in [2.05, 4.69) is 19.2 Å². The van der Waals surface area contributed by atoms with E-state index in [0.29, 0.717) is 6.54 Å². The van der Waals surface area contributed by atoms with E-state index < -0.39 is 0 Å². The second kappa shape index (κ2) is 4.31.